The van der Waals surface area contributed by atoms with Crippen LogP contribution in [0.1, 0.15) is 31.8 Å². The molecule has 128 valence electrons. The lowest BCUT2D eigenvalue weighted by molar-refractivity contribution is 0.0656. The maximum Gasteiger partial charge on any atom is 0.319 e. The molecular weight excluding hydrogens is 318 g/mol. The molecule has 0 spiro atoms. The molecule has 25 heavy (non-hydrogen) atoms. The lowest BCUT2D eigenvalue weighted by Gasteiger charge is -2.14. The molecule has 2 aromatic rings. The van der Waals surface area contributed by atoms with E-state index in [2.05, 4.69) is 10.6 Å². The van der Waals surface area contributed by atoms with Gasteiger partial charge in [0.05, 0.1) is 11.1 Å². The largest absolute Gasteiger partial charge is 0.336 e. The number of imide groups is 1. The van der Waals surface area contributed by atoms with Crippen molar-refractivity contribution in [2.24, 2.45) is 0 Å². The molecule has 1 aliphatic heterocycles. The Morgan fingerprint density at radius 3 is 2.20 bits per heavy atom. The van der Waals surface area contributed by atoms with Crippen molar-refractivity contribution in [3.05, 3.63) is 64.7 Å². The second-order valence-electron chi connectivity index (χ2n) is 5.99. The van der Waals surface area contributed by atoms with E-state index in [9.17, 15) is 14.4 Å². The van der Waals surface area contributed by atoms with Crippen molar-refractivity contribution >= 4 is 23.5 Å². The summed E-state index contributed by atoms with van der Waals surface area (Å²) in [6, 6.07) is 12.0. The van der Waals surface area contributed by atoms with Crippen LogP contribution in [-0.4, -0.2) is 35.8 Å². The Morgan fingerprint density at radius 2 is 1.60 bits per heavy atom. The van der Waals surface area contributed by atoms with Gasteiger partial charge in [0.2, 0.25) is 0 Å². The van der Waals surface area contributed by atoms with Gasteiger partial charge in [-0.05, 0) is 49.2 Å². The maximum atomic E-state index is 12.2. The first-order chi connectivity index (χ1) is 12.0. The second-order valence-corrected chi connectivity index (χ2v) is 5.99. The van der Waals surface area contributed by atoms with Gasteiger partial charge in [-0.2, -0.15) is 0 Å². The quantitative estimate of drug-likeness (QED) is 0.842. The molecule has 0 bridgehead atoms. The molecular formula is C19H19N3O3. The lowest BCUT2D eigenvalue weighted by Crippen LogP contribution is -2.39. The number of nitrogens with zero attached hydrogens (tertiary/aromatic N) is 1. The molecule has 0 saturated carbocycles. The number of hydrogen-bond acceptors (Lipinski definition) is 3. The summed E-state index contributed by atoms with van der Waals surface area (Å²) in [7, 11) is 0. The van der Waals surface area contributed by atoms with Crippen LogP contribution in [0.2, 0.25) is 0 Å². The minimum Gasteiger partial charge on any atom is -0.336 e. The predicted molar refractivity (Wildman–Crippen MR) is 94.7 cm³/mol. The number of amides is 4. The van der Waals surface area contributed by atoms with Gasteiger partial charge in [0.1, 0.15) is 0 Å². The molecule has 0 aromatic heterocycles. The fourth-order valence-corrected chi connectivity index (χ4v) is 2.72. The summed E-state index contributed by atoms with van der Waals surface area (Å²) in [6.45, 7) is 4.29. The molecule has 0 radical (unpaired) electrons. The average Bonchev–Trinajstić information content (AvgIpc) is 2.83. The Bertz CT molecular complexity index is 826. The fourth-order valence-electron chi connectivity index (χ4n) is 2.72. The number of nitrogens with one attached hydrogen (secondary N) is 2. The van der Waals surface area contributed by atoms with E-state index >= 15 is 0 Å². The first-order valence-electron chi connectivity index (χ1n) is 8.04. The highest BCUT2D eigenvalue weighted by molar-refractivity contribution is 6.21. The van der Waals surface area contributed by atoms with Gasteiger partial charge in [-0.25, -0.2) is 4.79 Å². The van der Waals surface area contributed by atoms with Crippen LogP contribution in [-0.2, 0) is 0 Å². The molecule has 0 atom stereocenters. The van der Waals surface area contributed by atoms with Crippen LogP contribution < -0.4 is 10.6 Å². The zero-order valence-electron chi connectivity index (χ0n) is 14.1. The molecule has 6 nitrogen and oxygen atoms in total. The smallest absolute Gasteiger partial charge is 0.319 e. The minimum absolute atomic E-state index is 0.132. The fraction of sp³-hybridized carbons (Fsp3) is 0.211. The van der Waals surface area contributed by atoms with Crippen molar-refractivity contribution in [2.45, 2.75) is 13.8 Å². The molecule has 2 aromatic carbocycles. The van der Waals surface area contributed by atoms with Gasteiger partial charge < -0.3 is 10.6 Å². The highest BCUT2D eigenvalue weighted by atomic mass is 16.2. The van der Waals surface area contributed by atoms with Crippen LogP contribution >= 0.6 is 0 Å². The number of fused-ring (bicyclic) bond motifs is 1. The summed E-state index contributed by atoms with van der Waals surface area (Å²) in [5.41, 5.74) is 3.75. The van der Waals surface area contributed by atoms with Gasteiger partial charge in [0.15, 0.2) is 0 Å². The van der Waals surface area contributed by atoms with Crippen LogP contribution in [0.4, 0.5) is 10.5 Å². The molecule has 1 aliphatic rings. The third kappa shape index (κ3) is 3.38. The van der Waals surface area contributed by atoms with Crippen molar-refractivity contribution in [1.82, 2.24) is 10.2 Å². The van der Waals surface area contributed by atoms with E-state index in [4.69, 9.17) is 0 Å². The number of hydrogen-bond donors (Lipinski definition) is 2. The van der Waals surface area contributed by atoms with Crippen molar-refractivity contribution in [1.29, 1.82) is 0 Å². The van der Waals surface area contributed by atoms with Crippen LogP contribution in [0, 0.1) is 13.8 Å². The molecule has 2 N–H and O–H groups in total. The summed E-state index contributed by atoms with van der Waals surface area (Å²) in [4.78, 5) is 37.5. The van der Waals surface area contributed by atoms with E-state index in [0.29, 0.717) is 16.8 Å². The summed E-state index contributed by atoms with van der Waals surface area (Å²) in [5, 5.41) is 5.40. The predicted octanol–water partition coefficient (Wildman–Crippen LogP) is 2.72. The Hall–Kier alpha value is -3.15. The second kappa shape index (κ2) is 6.76. The van der Waals surface area contributed by atoms with Gasteiger partial charge in [-0.15, -0.1) is 0 Å². The summed E-state index contributed by atoms with van der Waals surface area (Å²) < 4.78 is 0. The van der Waals surface area contributed by atoms with Crippen molar-refractivity contribution in [3.63, 3.8) is 0 Å². The molecule has 0 saturated heterocycles. The normalized spacial score (nSPS) is 13.0. The average molecular weight is 337 g/mol. The molecule has 6 heteroatoms. The number of benzene rings is 2. The maximum absolute atomic E-state index is 12.2. The zero-order valence-corrected chi connectivity index (χ0v) is 14.1. The van der Waals surface area contributed by atoms with Gasteiger partial charge in [0.25, 0.3) is 11.8 Å². The number of aryl methyl sites for hydroxylation is 2. The minimum atomic E-state index is -0.375. The molecule has 1 heterocycles. The van der Waals surface area contributed by atoms with Crippen LogP contribution in [0.5, 0.6) is 0 Å². The number of urea groups is 1. The summed E-state index contributed by atoms with van der Waals surface area (Å²) >= 11 is 0. The van der Waals surface area contributed by atoms with Crippen LogP contribution in [0.25, 0.3) is 0 Å². The lowest BCUT2D eigenvalue weighted by atomic mass is 10.1. The highest BCUT2D eigenvalue weighted by Crippen LogP contribution is 2.21. The first kappa shape index (κ1) is 16.7. The number of anilines is 1. The van der Waals surface area contributed by atoms with E-state index in [1.165, 1.54) is 0 Å². The van der Waals surface area contributed by atoms with Gasteiger partial charge in [-0.3, -0.25) is 14.5 Å². The summed E-state index contributed by atoms with van der Waals surface area (Å²) in [5.74, 6) is -0.645. The zero-order chi connectivity index (χ0) is 18.0. The van der Waals surface area contributed by atoms with Crippen molar-refractivity contribution < 1.29 is 14.4 Å². The molecule has 4 amide bonds. The SMILES string of the molecule is Cc1ccc(NC(=O)NCCN2C(=O)c3ccccc3C2=O)cc1C. The summed E-state index contributed by atoms with van der Waals surface area (Å²) in [6.07, 6.45) is 0. The Morgan fingerprint density at radius 1 is 0.960 bits per heavy atom. The third-order valence-electron chi connectivity index (χ3n) is 4.26. The molecule has 0 aliphatic carbocycles. The van der Waals surface area contributed by atoms with Gasteiger partial charge in [0, 0.05) is 18.8 Å². The van der Waals surface area contributed by atoms with E-state index < -0.39 is 0 Å². The van der Waals surface area contributed by atoms with Crippen molar-refractivity contribution in [2.75, 3.05) is 18.4 Å². The van der Waals surface area contributed by atoms with E-state index in [0.717, 1.165) is 16.0 Å². The number of carbonyl (C=O) groups is 3. The highest BCUT2D eigenvalue weighted by Gasteiger charge is 2.34. The first-order valence-corrected chi connectivity index (χ1v) is 8.04. The van der Waals surface area contributed by atoms with Gasteiger partial charge >= 0.3 is 6.03 Å². The standard InChI is InChI=1S/C19H19N3O3/c1-12-7-8-14(11-13(12)2)21-19(25)20-9-10-22-17(23)15-5-3-4-6-16(15)18(22)24/h3-8,11H,9-10H2,1-2H3,(H2,20,21,25). The number of carbonyl (C=O) groups excluding carboxylic acids is 3. The van der Waals surface area contributed by atoms with Gasteiger partial charge in [-0.1, -0.05) is 18.2 Å². The Balaban J connectivity index is 1.53. The Labute approximate surface area is 145 Å². The van der Waals surface area contributed by atoms with E-state index in [1.54, 1.807) is 24.3 Å². The topological polar surface area (TPSA) is 78.5 Å². The monoisotopic (exact) mass is 337 g/mol. The van der Waals surface area contributed by atoms with E-state index in [-0.39, 0.29) is 30.9 Å². The molecule has 0 fully saturated rings. The molecule has 0 unspecified atom stereocenters. The Kier molecular flexibility index (Phi) is 4.52. The molecule has 3 rings (SSSR count). The third-order valence-corrected chi connectivity index (χ3v) is 4.26. The van der Waals surface area contributed by atoms with Crippen LogP contribution in [0.3, 0.4) is 0 Å². The van der Waals surface area contributed by atoms with Crippen LogP contribution in [0.15, 0.2) is 42.5 Å². The van der Waals surface area contributed by atoms with Crippen molar-refractivity contribution in [3.8, 4) is 0 Å². The van der Waals surface area contributed by atoms with E-state index in [1.807, 2.05) is 32.0 Å². The number of rotatable bonds is 4.